The van der Waals surface area contributed by atoms with Gasteiger partial charge in [-0.15, -0.1) is 0 Å². The summed E-state index contributed by atoms with van der Waals surface area (Å²) in [5, 5.41) is 10.8. The lowest BCUT2D eigenvalue weighted by atomic mass is 9.95. The Kier molecular flexibility index (Phi) is 4.45. The summed E-state index contributed by atoms with van der Waals surface area (Å²) < 4.78 is 13.4. The fourth-order valence-electron chi connectivity index (χ4n) is 3.28. The van der Waals surface area contributed by atoms with Crippen molar-refractivity contribution in [3.05, 3.63) is 102 Å². The molecule has 4 rings (SSSR count). The molecular weight excluding hydrogens is 359 g/mol. The summed E-state index contributed by atoms with van der Waals surface area (Å²) in [6.45, 7) is 0. The quantitative estimate of drug-likeness (QED) is 0.430. The average Bonchev–Trinajstić information content (AvgIpc) is 3.00. The van der Waals surface area contributed by atoms with Crippen molar-refractivity contribution in [3.63, 3.8) is 0 Å². The zero-order chi connectivity index (χ0) is 19.7. The van der Waals surface area contributed by atoms with E-state index in [1.807, 2.05) is 0 Å². The number of carbonyl (C=O) groups excluding carboxylic acids is 2. The highest BCUT2D eigenvalue weighted by atomic mass is 19.1. The molecule has 0 unspecified atom stereocenters. The zero-order valence-corrected chi connectivity index (χ0v) is 14.6. The Hall–Kier alpha value is -3.80. The van der Waals surface area contributed by atoms with E-state index in [2.05, 4.69) is 4.98 Å². The van der Waals surface area contributed by atoms with Crippen LogP contribution < -0.4 is 4.90 Å². The summed E-state index contributed by atoms with van der Waals surface area (Å²) in [5.41, 5.74) is 0.839. The Labute approximate surface area is 160 Å². The highest BCUT2D eigenvalue weighted by Crippen LogP contribution is 2.41. The fourth-order valence-corrected chi connectivity index (χ4v) is 3.28. The van der Waals surface area contributed by atoms with E-state index in [0.29, 0.717) is 11.1 Å². The summed E-state index contributed by atoms with van der Waals surface area (Å²) in [7, 11) is 0. The first-order chi connectivity index (χ1) is 13.6. The molecule has 1 saturated heterocycles. The number of aliphatic hydroxyl groups is 1. The zero-order valence-electron chi connectivity index (χ0n) is 14.6. The maximum Gasteiger partial charge on any atom is 0.301 e. The number of amides is 1. The number of nitrogens with zero attached hydrogens (tertiary/aromatic N) is 2. The Morgan fingerprint density at radius 1 is 0.929 bits per heavy atom. The molecule has 1 aromatic heterocycles. The second-order valence-corrected chi connectivity index (χ2v) is 6.27. The molecule has 0 spiro atoms. The number of carbonyl (C=O) groups is 2. The molecule has 28 heavy (non-hydrogen) atoms. The number of anilines is 1. The Morgan fingerprint density at radius 3 is 2.25 bits per heavy atom. The van der Waals surface area contributed by atoms with Crippen LogP contribution in [0.25, 0.3) is 5.76 Å². The number of rotatable bonds is 3. The van der Waals surface area contributed by atoms with Crippen LogP contribution in [-0.2, 0) is 9.59 Å². The van der Waals surface area contributed by atoms with E-state index in [4.69, 9.17) is 0 Å². The molecule has 0 saturated carbocycles. The van der Waals surface area contributed by atoms with E-state index in [1.165, 1.54) is 35.4 Å². The van der Waals surface area contributed by atoms with E-state index in [-0.39, 0.29) is 17.2 Å². The topological polar surface area (TPSA) is 70.5 Å². The fraction of sp³-hybridized carbons (Fsp3) is 0.0455. The van der Waals surface area contributed by atoms with Crippen molar-refractivity contribution in [1.29, 1.82) is 0 Å². The second-order valence-electron chi connectivity index (χ2n) is 6.27. The third kappa shape index (κ3) is 2.95. The van der Waals surface area contributed by atoms with Crippen LogP contribution in [0.5, 0.6) is 0 Å². The molecule has 6 heteroatoms. The van der Waals surface area contributed by atoms with Crippen LogP contribution >= 0.6 is 0 Å². The van der Waals surface area contributed by atoms with Crippen molar-refractivity contribution in [3.8, 4) is 0 Å². The number of Topliss-reactive ketones (excluding diaryl/α,β-unsaturated/α-hetero) is 1. The number of pyridine rings is 1. The van der Waals surface area contributed by atoms with Crippen molar-refractivity contribution < 1.29 is 19.1 Å². The molecule has 0 bridgehead atoms. The highest BCUT2D eigenvalue weighted by molar-refractivity contribution is 6.51. The predicted octanol–water partition coefficient (Wildman–Crippen LogP) is 3.85. The van der Waals surface area contributed by atoms with Crippen LogP contribution in [0.4, 0.5) is 10.2 Å². The van der Waals surface area contributed by atoms with E-state index in [1.54, 1.807) is 48.5 Å². The van der Waals surface area contributed by atoms with Crippen LogP contribution in [0.15, 0.2) is 84.6 Å². The summed E-state index contributed by atoms with van der Waals surface area (Å²) in [6.07, 6.45) is 1.51. The summed E-state index contributed by atoms with van der Waals surface area (Å²) in [6, 6.07) is 18.0. The molecule has 2 aromatic carbocycles. The standard InChI is InChI=1S/C22H15FN2O3/c23-16-11-9-14(10-12-16)19-18(20(26)15-6-2-1-3-7-15)21(27)22(28)25(19)17-8-4-5-13-24-17/h1-13,19,26H/t19-/m1/s1. The van der Waals surface area contributed by atoms with Gasteiger partial charge in [0.2, 0.25) is 0 Å². The maximum atomic E-state index is 13.4. The first-order valence-corrected chi connectivity index (χ1v) is 8.61. The molecule has 1 aliphatic rings. The van der Waals surface area contributed by atoms with Gasteiger partial charge in [-0.3, -0.25) is 14.5 Å². The first kappa shape index (κ1) is 17.6. The number of hydrogen-bond donors (Lipinski definition) is 1. The summed E-state index contributed by atoms with van der Waals surface area (Å²) >= 11 is 0. The molecule has 5 nitrogen and oxygen atoms in total. The average molecular weight is 374 g/mol. The van der Waals surface area contributed by atoms with Gasteiger partial charge in [0.15, 0.2) is 0 Å². The SMILES string of the molecule is O=C1C(=O)N(c2ccccn2)[C@H](c2ccc(F)cc2)C1=C(O)c1ccccc1. The molecule has 1 atom stereocenters. The molecule has 1 N–H and O–H groups in total. The van der Waals surface area contributed by atoms with Crippen LogP contribution in [0, 0.1) is 5.82 Å². The van der Waals surface area contributed by atoms with Gasteiger partial charge >= 0.3 is 5.91 Å². The second kappa shape index (κ2) is 7.08. The van der Waals surface area contributed by atoms with Gasteiger partial charge in [0.05, 0.1) is 11.6 Å². The van der Waals surface area contributed by atoms with Crippen molar-refractivity contribution in [2.75, 3.05) is 4.90 Å². The lowest BCUT2D eigenvalue weighted by Crippen LogP contribution is -2.30. The molecular formula is C22H15FN2O3. The molecule has 0 radical (unpaired) electrons. The van der Waals surface area contributed by atoms with Gasteiger partial charge in [-0.25, -0.2) is 9.37 Å². The van der Waals surface area contributed by atoms with Gasteiger partial charge in [-0.05, 0) is 29.8 Å². The number of aromatic nitrogens is 1. The lowest BCUT2D eigenvalue weighted by molar-refractivity contribution is -0.132. The highest BCUT2D eigenvalue weighted by Gasteiger charge is 2.47. The van der Waals surface area contributed by atoms with Gasteiger partial charge in [0.25, 0.3) is 5.78 Å². The third-order valence-electron chi connectivity index (χ3n) is 4.57. The van der Waals surface area contributed by atoms with Crippen molar-refractivity contribution in [1.82, 2.24) is 4.98 Å². The minimum absolute atomic E-state index is 0.0616. The summed E-state index contributed by atoms with van der Waals surface area (Å²) in [5.74, 6) is -2.08. The van der Waals surface area contributed by atoms with Crippen LogP contribution in [0.2, 0.25) is 0 Å². The molecule has 1 fully saturated rings. The Balaban J connectivity index is 1.95. The van der Waals surface area contributed by atoms with Crippen molar-refractivity contribution in [2.24, 2.45) is 0 Å². The predicted molar refractivity (Wildman–Crippen MR) is 102 cm³/mol. The molecule has 0 aliphatic carbocycles. The van der Waals surface area contributed by atoms with E-state index >= 15 is 0 Å². The number of ketones is 1. The van der Waals surface area contributed by atoms with Gasteiger partial charge in [0.1, 0.15) is 17.4 Å². The van der Waals surface area contributed by atoms with Gasteiger partial charge < -0.3 is 5.11 Å². The van der Waals surface area contributed by atoms with Gasteiger partial charge in [-0.2, -0.15) is 0 Å². The van der Waals surface area contributed by atoms with E-state index in [0.717, 1.165) is 0 Å². The monoisotopic (exact) mass is 374 g/mol. The molecule has 3 aromatic rings. The van der Waals surface area contributed by atoms with Crippen molar-refractivity contribution in [2.45, 2.75) is 6.04 Å². The number of halogens is 1. The van der Waals surface area contributed by atoms with Crippen LogP contribution in [0.1, 0.15) is 17.2 Å². The minimum atomic E-state index is -0.921. The Morgan fingerprint density at radius 2 is 1.61 bits per heavy atom. The van der Waals surface area contributed by atoms with Crippen LogP contribution in [0.3, 0.4) is 0 Å². The van der Waals surface area contributed by atoms with Crippen LogP contribution in [-0.4, -0.2) is 21.8 Å². The van der Waals surface area contributed by atoms with E-state index < -0.39 is 23.5 Å². The molecule has 2 heterocycles. The number of benzene rings is 2. The smallest absolute Gasteiger partial charge is 0.301 e. The molecule has 138 valence electrons. The summed E-state index contributed by atoms with van der Waals surface area (Å²) in [4.78, 5) is 31.1. The van der Waals surface area contributed by atoms with E-state index in [9.17, 15) is 19.1 Å². The minimum Gasteiger partial charge on any atom is -0.507 e. The normalized spacial score (nSPS) is 18.5. The first-order valence-electron chi connectivity index (χ1n) is 8.61. The van der Waals surface area contributed by atoms with Gasteiger partial charge in [0, 0.05) is 11.8 Å². The number of hydrogen-bond acceptors (Lipinski definition) is 4. The lowest BCUT2D eigenvalue weighted by Gasteiger charge is -2.24. The maximum absolute atomic E-state index is 13.4. The third-order valence-corrected chi connectivity index (χ3v) is 4.57. The number of aliphatic hydroxyl groups excluding tert-OH is 1. The van der Waals surface area contributed by atoms with Gasteiger partial charge in [-0.1, -0.05) is 48.5 Å². The largest absolute Gasteiger partial charge is 0.507 e. The molecule has 1 aliphatic heterocycles. The molecule has 1 amide bonds. The van der Waals surface area contributed by atoms with Crippen molar-refractivity contribution >= 4 is 23.3 Å². The Bertz CT molecular complexity index is 1060.